The summed E-state index contributed by atoms with van der Waals surface area (Å²) in [7, 11) is 0. The number of hydrogen-bond acceptors (Lipinski definition) is 3. The van der Waals surface area contributed by atoms with Crippen molar-refractivity contribution in [3.05, 3.63) is 29.8 Å². The summed E-state index contributed by atoms with van der Waals surface area (Å²) in [4.78, 5) is 0.230. The first-order valence-electron chi connectivity index (χ1n) is 5.55. The van der Waals surface area contributed by atoms with E-state index >= 15 is 0 Å². The number of rotatable bonds is 7. The van der Waals surface area contributed by atoms with Crippen molar-refractivity contribution < 1.29 is 13.2 Å². The average Bonchev–Trinajstić information content (AvgIpc) is 2.29. The van der Waals surface area contributed by atoms with Crippen LogP contribution in [0.2, 0.25) is 0 Å². The SMILES string of the molecule is CSCCCNCc1ccc(SC(F)(F)F)cc1. The van der Waals surface area contributed by atoms with E-state index in [-0.39, 0.29) is 16.7 Å². The molecule has 6 heteroatoms. The summed E-state index contributed by atoms with van der Waals surface area (Å²) in [6, 6.07) is 6.49. The Kier molecular flexibility index (Phi) is 6.96. The van der Waals surface area contributed by atoms with Gasteiger partial charge in [-0.2, -0.15) is 24.9 Å². The summed E-state index contributed by atoms with van der Waals surface area (Å²) in [6.07, 6.45) is 3.17. The Labute approximate surface area is 114 Å². The van der Waals surface area contributed by atoms with Gasteiger partial charge < -0.3 is 5.32 Å². The summed E-state index contributed by atoms with van der Waals surface area (Å²) in [5, 5.41) is 3.26. The van der Waals surface area contributed by atoms with Crippen LogP contribution in [0, 0.1) is 0 Å². The van der Waals surface area contributed by atoms with E-state index in [1.165, 1.54) is 12.1 Å². The maximum atomic E-state index is 12.1. The van der Waals surface area contributed by atoms with Gasteiger partial charge in [0.25, 0.3) is 0 Å². The first-order chi connectivity index (χ1) is 8.51. The van der Waals surface area contributed by atoms with Gasteiger partial charge in [0, 0.05) is 11.4 Å². The van der Waals surface area contributed by atoms with Crippen molar-refractivity contribution in [1.29, 1.82) is 0 Å². The van der Waals surface area contributed by atoms with Gasteiger partial charge in [0.15, 0.2) is 0 Å². The van der Waals surface area contributed by atoms with E-state index in [0.29, 0.717) is 6.54 Å². The Bertz CT molecular complexity index is 338. The lowest BCUT2D eigenvalue weighted by atomic mass is 10.2. The number of benzene rings is 1. The van der Waals surface area contributed by atoms with Crippen LogP contribution in [0.3, 0.4) is 0 Å². The van der Waals surface area contributed by atoms with Crippen LogP contribution < -0.4 is 5.32 Å². The van der Waals surface area contributed by atoms with E-state index in [0.717, 1.165) is 24.3 Å². The molecule has 1 aromatic rings. The summed E-state index contributed by atoms with van der Waals surface area (Å²) < 4.78 is 36.3. The van der Waals surface area contributed by atoms with Crippen molar-refractivity contribution in [2.45, 2.75) is 23.4 Å². The molecule has 0 heterocycles. The molecule has 102 valence electrons. The third-order valence-electron chi connectivity index (χ3n) is 2.19. The van der Waals surface area contributed by atoms with Crippen molar-refractivity contribution in [2.24, 2.45) is 0 Å². The second kappa shape index (κ2) is 7.96. The minimum atomic E-state index is -4.21. The van der Waals surface area contributed by atoms with Crippen LogP contribution in [0.4, 0.5) is 13.2 Å². The molecule has 0 aliphatic heterocycles. The van der Waals surface area contributed by atoms with Crippen molar-refractivity contribution in [1.82, 2.24) is 5.32 Å². The summed E-state index contributed by atoms with van der Waals surface area (Å²) in [5.41, 5.74) is -3.21. The predicted octanol–water partition coefficient (Wildman–Crippen LogP) is 4.14. The standard InChI is InChI=1S/C12H16F3NS2/c1-17-8-2-7-16-9-10-3-5-11(6-4-10)18-12(13,14)15/h3-6,16H,2,7-9H2,1H3. The molecule has 0 aliphatic rings. The largest absolute Gasteiger partial charge is 0.446 e. The highest BCUT2D eigenvalue weighted by molar-refractivity contribution is 8.00. The van der Waals surface area contributed by atoms with Gasteiger partial charge in [-0.05, 0) is 54.4 Å². The van der Waals surface area contributed by atoms with Gasteiger partial charge in [0.05, 0.1) is 0 Å². The molecule has 0 radical (unpaired) electrons. The fraction of sp³-hybridized carbons (Fsp3) is 0.500. The molecular formula is C12H16F3NS2. The molecule has 0 bridgehead atoms. The first-order valence-corrected chi connectivity index (χ1v) is 7.76. The molecule has 0 saturated heterocycles. The molecule has 0 fully saturated rings. The van der Waals surface area contributed by atoms with E-state index in [9.17, 15) is 13.2 Å². The van der Waals surface area contributed by atoms with Crippen molar-refractivity contribution in [3.63, 3.8) is 0 Å². The molecule has 0 aliphatic carbocycles. The lowest BCUT2D eigenvalue weighted by molar-refractivity contribution is -0.0328. The summed E-state index contributed by atoms with van der Waals surface area (Å²) >= 11 is 1.73. The minimum absolute atomic E-state index is 0.0788. The van der Waals surface area contributed by atoms with Crippen LogP contribution in [-0.4, -0.2) is 24.1 Å². The fourth-order valence-corrected chi connectivity index (χ4v) is 2.36. The molecular weight excluding hydrogens is 279 g/mol. The average molecular weight is 295 g/mol. The molecule has 0 unspecified atom stereocenters. The Morgan fingerprint density at radius 3 is 2.39 bits per heavy atom. The van der Waals surface area contributed by atoms with E-state index in [2.05, 4.69) is 11.6 Å². The molecule has 0 aromatic heterocycles. The topological polar surface area (TPSA) is 12.0 Å². The highest BCUT2D eigenvalue weighted by atomic mass is 32.2. The monoisotopic (exact) mass is 295 g/mol. The molecule has 1 nitrogen and oxygen atoms in total. The fourth-order valence-electron chi connectivity index (χ4n) is 1.38. The van der Waals surface area contributed by atoms with Crippen molar-refractivity contribution in [2.75, 3.05) is 18.6 Å². The molecule has 0 atom stereocenters. The molecule has 1 N–H and O–H groups in total. The molecule has 1 rings (SSSR count). The smallest absolute Gasteiger partial charge is 0.313 e. The zero-order valence-electron chi connectivity index (χ0n) is 10.1. The quantitative estimate of drug-likeness (QED) is 0.600. The van der Waals surface area contributed by atoms with Gasteiger partial charge in [-0.25, -0.2) is 0 Å². The lowest BCUT2D eigenvalue weighted by Gasteiger charge is -2.07. The highest BCUT2D eigenvalue weighted by Gasteiger charge is 2.28. The highest BCUT2D eigenvalue weighted by Crippen LogP contribution is 2.36. The third kappa shape index (κ3) is 7.18. The number of alkyl halides is 3. The van der Waals surface area contributed by atoms with E-state index in [4.69, 9.17) is 0 Å². The summed E-state index contributed by atoms with van der Waals surface area (Å²) in [6.45, 7) is 1.63. The van der Waals surface area contributed by atoms with Crippen LogP contribution in [-0.2, 0) is 6.54 Å². The zero-order chi connectivity index (χ0) is 13.4. The van der Waals surface area contributed by atoms with Gasteiger partial charge in [-0.15, -0.1) is 0 Å². The van der Waals surface area contributed by atoms with Crippen LogP contribution in [0.5, 0.6) is 0 Å². The Balaban J connectivity index is 2.32. The number of hydrogen-bond donors (Lipinski definition) is 1. The second-order valence-electron chi connectivity index (χ2n) is 3.71. The minimum Gasteiger partial charge on any atom is -0.313 e. The maximum absolute atomic E-state index is 12.1. The Morgan fingerprint density at radius 1 is 1.17 bits per heavy atom. The molecule has 0 saturated carbocycles. The third-order valence-corrected chi connectivity index (χ3v) is 3.62. The van der Waals surface area contributed by atoms with Gasteiger partial charge in [-0.3, -0.25) is 0 Å². The maximum Gasteiger partial charge on any atom is 0.446 e. The van der Waals surface area contributed by atoms with E-state index in [1.54, 1.807) is 23.9 Å². The number of thioether (sulfide) groups is 2. The van der Waals surface area contributed by atoms with Crippen LogP contribution in [0.1, 0.15) is 12.0 Å². The van der Waals surface area contributed by atoms with Gasteiger partial charge in [0.2, 0.25) is 0 Å². The van der Waals surface area contributed by atoms with Crippen LogP contribution in [0.15, 0.2) is 29.2 Å². The first kappa shape index (κ1) is 15.7. The lowest BCUT2D eigenvalue weighted by Crippen LogP contribution is -2.15. The van der Waals surface area contributed by atoms with Gasteiger partial charge >= 0.3 is 5.51 Å². The van der Waals surface area contributed by atoms with Crippen LogP contribution >= 0.6 is 23.5 Å². The Morgan fingerprint density at radius 2 is 1.83 bits per heavy atom. The summed E-state index contributed by atoms with van der Waals surface area (Å²) in [5.74, 6) is 1.12. The number of nitrogens with one attached hydrogen (secondary N) is 1. The van der Waals surface area contributed by atoms with Crippen molar-refractivity contribution in [3.8, 4) is 0 Å². The van der Waals surface area contributed by atoms with E-state index < -0.39 is 5.51 Å². The van der Waals surface area contributed by atoms with Gasteiger partial charge in [0.1, 0.15) is 0 Å². The molecule has 1 aromatic carbocycles. The second-order valence-corrected chi connectivity index (χ2v) is 5.84. The normalized spacial score (nSPS) is 11.8. The molecule has 0 amide bonds. The Hall–Kier alpha value is -0.330. The van der Waals surface area contributed by atoms with E-state index in [1.807, 2.05) is 0 Å². The number of halogens is 3. The van der Waals surface area contributed by atoms with Crippen LogP contribution in [0.25, 0.3) is 0 Å². The predicted molar refractivity (Wildman–Crippen MR) is 73.1 cm³/mol. The molecule has 0 spiro atoms. The molecule has 18 heavy (non-hydrogen) atoms. The zero-order valence-corrected chi connectivity index (χ0v) is 11.7. The van der Waals surface area contributed by atoms with Crippen molar-refractivity contribution >= 4 is 23.5 Å². The van der Waals surface area contributed by atoms with Gasteiger partial charge in [-0.1, -0.05) is 12.1 Å².